The molecule has 0 bridgehead atoms. The van der Waals surface area contributed by atoms with Crippen LogP contribution in [0.15, 0.2) is 22.7 Å². The molecule has 0 heterocycles. The summed E-state index contributed by atoms with van der Waals surface area (Å²) in [4.78, 5) is 0. The van der Waals surface area contributed by atoms with E-state index in [2.05, 4.69) is 22.9 Å². The molecule has 0 radical (unpaired) electrons. The van der Waals surface area contributed by atoms with Crippen LogP contribution in [0.1, 0.15) is 19.8 Å². The molecular formula is C10H13BrClO2P. The molecule has 0 fully saturated rings. The highest BCUT2D eigenvalue weighted by Crippen LogP contribution is 2.32. The summed E-state index contributed by atoms with van der Waals surface area (Å²) >= 11 is 9.22. The van der Waals surface area contributed by atoms with Crippen LogP contribution in [0.5, 0.6) is 5.75 Å². The highest BCUT2D eigenvalue weighted by atomic mass is 79.9. The van der Waals surface area contributed by atoms with Gasteiger partial charge in [-0.15, -0.1) is 0 Å². The average molecular weight is 312 g/mol. The van der Waals surface area contributed by atoms with E-state index < -0.39 is 0 Å². The summed E-state index contributed by atoms with van der Waals surface area (Å²) in [6.45, 7) is 2.87. The number of rotatable bonds is 6. The summed E-state index contributed by atoms with van der Waals surface area (Å²) in [5, 5.41) is 0.659. The van der Waals surface area contributed by atoms with Gasteiger partial charge in [0.25, 0.3) is 0 Å². The van der Waals surface area contributed by atoms with E-state index in [4.69, 9.17) is 20.6 Å². The van der Waals surface area contributed by atoms with Gasteiger partial charge in [0.15, 0.2) is 0 Å². The SMILES string of the molecule is CCCCOPOc1cc(Cl)ccc1Br. The van der Waals surface area contributed by atoms with Gasteiger partial charge < -0.3 is 9.05 Å². The predicted molar refractivity (Wildman–Crippen MR) is 69.0 cm³/mol. The minimum atomic E-state index is 0.0236. The maximum absolute atomic E-state index is 5.84. The Hall–Kier alpha value is 0.180. The zero-order valence-electron chi connectivity index (χ0n) is 8.43. The third-order valence-electron chi connectivity index (χ3n) is 1.70. The summed E-state index contributed by atoms with van der Waals surface area (Å²) in [6.07, 6.45) is 2.19. The molecule has 1 aromatic carbocycles. The van der Waals surface area contributed by atoms with Crippen LogP contribution in [0.25, 0.3) is 0 Å². The number of halogens is 2. The van der Waals surface area contributed by atoms with Crippen LogP contribution in [-0.2, 0) is 4.52 Å². The molecule has 1 aromatic rings. The van der Waals surface area contributed by atoms with Crippen molar-refractivity contribution in [3.63, 3.8) is 0 Å². The van der Waals surface area contributed by atoms with E-state index in [0.29, 0.717) is 5.02 Å². The number of hydrogen-bond donors (Lipinski definition) is 0. The van der Waals surface area contributed by atoms with Gasteiger partial charge in [-0.25, -0.2) is 0 Å². The normalized spacial score (nSPS) is 11.1. The standard InChI is InChI=1S/C10H13BrClO2P/c1-2-3-6-13-15-14-10-7-8(12)4-5-9(10)11/h4-5,7,15H,2-3,6H2,1H3. The molecule has 1 rings (SSSR count). The summed E-state index contributed by atoms with van der Waals surface area (Å²) < 4.78 is 11.6. The molecule has 0 saturated carbocycles. The third-order valence-corrected chi connectivity index (χ3v) is 3.22. The molecule has 2 nitrogen and oxygen atoms in total. The average Bonchev–Trinajstić information content (AvgIpc) is 2.23. The first-order valence-corrected chi connectivity index (χ1v) is 6.71. The van der Waals surface area contributed by atoms with Crippen LogP contribution in [0.3, 0.4) is 0 Å². The number of unbranched alkanes of at least 4 members (excludes halogenated alkanes) is 1. The monoisotopic (exact) mass is 310 g/mol. The van der Waals surface area contributed by atoms with E-state index in [0.717, 1.165) is 29.7 Å². The minimum Gasteiger partial charge on any atom is -0.448 e. The lowest BCUT2D eigenvalue weighted by atomic mass is 10.3. The van der Waals surface area contributed by atoms with Crippen molar-refractivity contribution in [3.05, 3.63) is 27.7 Å². The number of hydrogen-bond acceptors (Lipinski definition) is 2. The van der Waals surface area contributed by atoms with Crippen LogP contribution < -0.4 is 4.52 Å². The third kappa shape index (κ3) is 5.17. The lowest BCUT2D eigenvalue weighted by Gasteiger charge is -2.07. The van der Waals surface area contributed by atoms with Crippen LogP contribution in [0.2, 0.25) is 5.02 Å². The molecule has 0 aliphatic carbocycles. The van der Waals surface area contributed by atoms with Crippen LogP contribution in [0, 0.1) is 0 Å². The first-order chi connectivity index (χ1) is 7.24. The van der Waals surface area contributed by atoms with Crippen molar-refractivity contribution < 1.29 is 9.05 Å². The van der Waals surface area contributed by atoms with Gasteiger partial charge in [0.1, 0.15) is 5.75 Å². The Labute approximate surface area is 105 Å². The molecular weight excluding hydrogens is 298 g/mol. The van der Waals surface area contributed by atoms with Gasteiger partial charge in [0.05, 0.1) is 11.1 Å². The van der Waals surface area contributed by atoms with Gasteiger partial charge in [0, 0.05) is 11.1 Å². The molecule has 1 atom stereocenters. The van der Waals surface area contributed by atoms with Crippen molar-refractivity contribution in [1.82, 2.24) is 0 Å². The molecule has 0 N–H and O–H groups in total. The molecule has 0 aliphatic rings. The minimum absolute atomic E-state index is 0.0236. The van der Waals surface area contributed by atoms with E-state index in [1.165, 1.54) is 0 Å². The second kappa shape index (κ2) is 7.45. The second-order valence-corrected chi connectivity index (χ2v) is 4.91. The Morgan fingerprint density at radius 1 is 1.47 bits per heavy atom. The Balaban J connectivity index is 2.33. The van der Waals surface area contributed by atoms with Gasteiger partial charge in [0.2, 0.25) is 9.03 Å². The lowest BCUT2D eigenvalue weighted by Crippen LogP contribution is -1.87. The summed E-state index contributed by atoms with van der Waals surface area (Å²) in [5.74, 6) is 0.720. The molecule has 0 aliphatic heterocycles. The Kier molecular flexibility index (Phi) is 6.58. The van der Waals surface area contributed by atoms with Crippen molar-refractivity contribution in [3.8, 4) is 5.75 Å². The zero-order valence-corrected chi connectivity index (χ0v) is 11.8. The molecule has 5 heteroatoms. The van der Waals surface area contributed by atoms with Gasteiger partial charge in [-0.05, 0) is 34.5 Å². The highest BCUT2D eigenvalue weighted by molar-refractivity contribution is 9.10. The van der Waals surface area contributed by atoms with Gasteiger partial charge >= 0.3 is 0 Å². The topological polar surface area (TPSA) is 18.5 Å². The number of benzene rings is 1. The highest BCUT2D eigenvalue weighted by Gasteiger charge is 2.01. The quantitative estimate of drug-likeness (QED) is 0.554. The summed E-state index contributed by atoms with van der Waals surface area (Å²) in [6, 6.07) is 5.43. The fraction of sp³-hybridized carbons (Fsp3) is 0.400. The van der Waals surface area contributed by atoms with Crippen molar-refractivity contribution in [2.24, 2.45) is 0 Å². The van der Waals surface area contributed by atoms with Crippen molar-refractivity contribution in [1.29, 1.82) is 0 Å². The maximum atomic E-state index is 5.84. The molecule has 84 valence electrons. The van der Waals surface area contributed by atoms with Gasteiger partial charge in [-0.2, -0.15) is 0 Å². The Morgan fingerprint density at radius 2 is 2.27 bits per heavy atom. The molecule has 0 aromatic heterocycles. The fourth-order valence-corrected chi connectivity index (χ4v) is 2.07. The maximum Gasteiger partial charge on any atom is 0.215 e. The zero-order chi connectivity index (χ0) is 11.1. The molecule has 1 unspecified atom stereocenters. The van der Waals surface area contributed by atoms with E-state index in [1.807, 2.05) is 6.07 Å². The fourth-order valence-electron chi connectivity index (χ4n) is 0.888. The summed E-state index contributed by atoms with van der Waals surface area (Å²) in [5.41, 5.74) is 0. The molecule has 0 spiro atoms. The first-order valence-electron chi connectivity index (χ1n) is 4.72. The van der Waals surface area contributed by atoms with Crippen molar-refractivity contribution in [2.45, 2.75) is 19.8 Å². The van der Waals surface area contributed by atoms with E-state index in [-0.39, 0.29) is 9.03 Å². The molecule has 0 saturated heterocycles. The second-order valence-electron chi connectivity index (χ2n) is 2.96. The predicted octanol–water partition coefficient (Wildman–Crippen LogP) is 4.81. The first kappa shape index (κ1) is 13.2. The lowest BCUT2D eigenvalue weighted by molar-refractivity contribution is 0.321. The smallest absolute Gasteiger partial charge is 0.215 e. The van der Waals surface area contributed by atoms with Gasteiger partial charge in [-0.3, -0.25) is 0 Å². The summed E-state index contributed by atoms with van der Waals surface area (Å²) in [7, 11) is 0.0236. The van der Waals surface area contributed by atoms with Crippen LogP contribution in [-0.4, -0.2) is 6.61 Å². The van der Waals surface area contributed by atoms with E-state index in [9.17, 15) is 0 Å². The van der Waals surface area contributed by atoms with Crippen molar-refractivity contribution in [2.75, 3.05) is 6.61 Å². The largest absolute Gasteiger partial charge is 0.448 e. The van der Waals surface area contributed by atoms with Gasteiger partial charge in [-0.1, -0.05) is 24.9 Å². The van der Waals surface area contributed by atoms with E-state index >= 15 is 0 Å². The van der Waals surface area contributed by atoms with E-state index in [1.54, 1.807) is 12.1 Å². The molecule has 15 heavy (non-hydrogen) atoms. The van der Waals surface area contributed by atoms with Crippen LogP contribution >= 0.6 is 36.6 Å². The molecule has 0 amide bonds. The van der Waals surface area contributed by atoms with Crippen LogP contribution in [0.4, 0.5) is 0 Å². The Bertz CT molecular complexity index is 309. The Morgan fingerprint density at radius 3 is 3.00 bits per heavy atom. The van der Waals surface area contributed by atoms with Crippen molar-refractivity contribution >= 4 is 36.6 Å².